The Balaban J connectivity index is 1.41. The van der Waals surface area contributed by atoms with E-state index in [9.17, 15) is 9.59 Å². The van der Waals surface area contributed by atoms with Crippen LogP contribution in [-0.2, 0) is 4.79 Å². The van der Waals surface area contributed by atoms with Gasteiger partial charge in [-0.3, -0.25) is 19.9 Å². The zero-order chi connectivity index (χ0) is 24.2. The number of carbonyl (C=O) groups excluding carboxylic acids is 2. The number of pyridine rings is 1. The van der Waals surface area contributed by atoms with Gasteiger partial charge in [-0.15, -0.1) is 0 Å². The van der Waals surface area contributed by atoms with Crippen LogP contribution in [0.1, 0.15) is 30.3 Å². The van der Waals surface area contributed by atoms with Gasteiger partial charge in [0.2, 0.25) is 5.95 Å². The molecule has 1 aromatic carbocycles. The molecule has 35 heavy (non-hydrogen) atoms. The Morgan fingerprint density at radius 2 is 1.86 bits per heavy atom. The molecule has 2 aliphatic carbocycles. The Bertz CT molecular complexity index is 1560. The minimum Gasteiger partial charge on any atom is -0.345 e. The molecule has 5 rings (SSSR count). The smallest absolute Gasteiger partial charge is 0.276 e. The molecule has 0 aliphatic heterocycles. The number of carbonyl (C=O) groups is 2. The predicted molar refractivity (Wildman–Crippen MR) is 138 cm³/mol. The summed E-state index contributed by atoms with van der Waals surface area (Å²) in [5, 5.41) is 8.91. The highest BCUT2D eigenvalue weighted by Crippen LogP contribution is 2.14. The lowest BCUT2D eigenvalue weighted by molar-refractivity contribution is -0.116. The predicted octanol–water partition coefficient (Wildman–Crippen LogP) is 3.05. The van der Waals surface area contributed by atoms with Crippen LogP contribution in [0.25, 0.3) is 22.4 Å². The van der Waals surface area contributed by atoms with E-state index in [4.69, 9.17) is 0 Å². The number of nitrogens with zero attached hydrogens (tertiary/aromatic N) is 2. The third kappa shape index (κ3) is 4.89. The lowest BCUT2D eigenvalue weighted by Gasteiger charge is -2.15. The van der Waals surface area contributed by atoms with Crippen molar-refractivity contribution < 1.29 is 9.59 Å². The number of imidazole rings is 1. The van der Waals surface area contributed by atoms with Crippen molar-refractivity contribution in [2.75, 3.05) is 5.32 Å². The number of fused-ring (bicyclic) bond motifs is 2. The van der Waals surface area contributed by atoms with Crippen molar-refractivity contribution in [1.82, 2.24) is 20.3 Å². The summed E-state index contributed by atoms with van der Waals surface area (Å²) in [4.78, 5) is 38.0. The molecule has 3 N–H and O–H groups in total. The summed E-state index contributed by atoms with van der Waals surface area (Å²) < 4.78 is 0. The summed E-state index contributed by atoms with van der Waals surface area (Å²) in [6, 6.07) is 9.29. The molecule has 0 radical (unpaired) electrons. The Morgan fingerprint density at radius 1 is 1.03 bits per heavy atom. The molecule has 0 saturated carbocycles. The van der Waals surface area contributed by atoms with Crippen molar-refractivity contribution in [3.63, 3.8) is 0 Å². The monoisotopic (exact) mass is 463 g/mol. The first-order chi connectivity index (χ1) is 17.1. The topological polar surface area (TPSA) is 99.8 Å². The van der Waals surface area contributed by atoms with E-state index < -0.39 is 0 Å². The van der Waals surface area contributed by atoms with Gasteiger partial charge in [0.1, 0.15) is 11.0 Å². The molecule has 3 aromatic rings. The van der Waals surface area contributed by atoms with Gasteiger partial charge < -0.3 is 10.3 Å². The maximum Gasteiger partial charge on any atom is 0.276 e. The molecule has 7 heteroatoms. The lowest BCUT2D eigenvalue weighted by atomic mass is 10.1. The van der Waals surface area contributed by atoms with Crippen molar-refractivity contribution in [3.8, 4) is 0 Å². The van der Waals surface area contributed by atoms with Gasteiger partial charge >= 0.3 is 0 Å². The molecule has 2 heterocycles. The van der Waals surface area contributed by atoms with E-state index in [1.165, 1.54) is 0 Å². The summed E-state index contributed by atoms with van der Waals surface area (Å²) >= 11 is 0. The first-order valence-corrected chi connectivity index (χ1v) is 11.6. The normalized spacial score (nSPS) is 15.5. The van der Waals surface area contributed by atoms with Crippen LogP contribution in [0.2, 0.25) is 0 Å². The number of anilines is 1. The molecule has 7 nitrogen and oxygen atoms in total. The van der Waals surface area contributed by atoms with Crippen LogP contribution in [0.5, 0.6) is 0 Å². The van der Waals surface area contributed by atoms with E-state index in [0.29, 0.717) is 22.7 Å². The summed E-state index contributed by atoms with van der Waals surface area (Å²) in [6.45, 7) is 1.95. The summed E-state index contributed by atoms with van der Waals surface area (Å²) in [7, 11) is 0. The van der Waals surface area contributed by atoms with E-state index in [2.05, 4.69) is 37.7 Å². The minimum absolute atomic E-state index is 0.171. The minimum atomic E-state index is -0.380. The number of allylic oxidation sites excluding steroid dienone is 5. The first kappa shape index (κ1) is 22.3. The van der Waals surface area contributed by atoms with Crippen molar-refractivity contribution in [3.05, 3.63) is 101 Å². The Labute approximate surface area is 202 Å². The number of nitrogens with one attached hydrogen (secondary N) is 3. The molecule has 0 bridgehead atoms. The van der Waals surface area contributed by atoms with E-state index >= 15 is 0 Å². The fraction of sp³-hybridized carbons (Fsp3) is 0.143. The number of hydrogen-bond donors (Lipinski definition) is 3. The third-order valence-electron chi connectivity index (χ3n) is 5.92. The highest BCUT2D eigenvalue weighted by molar-refractivity contribution is 6.17. The second-order valence-electron chi connectivity index (χ2n) is 8.40. The maximum atomic E-state index is 13.2. The average molecular weight is 464 g/mol. The van der Waals surface area contributed by atoms with Crippen molar-refractivity contribution in [2.24, 2.45) is 0 Å². The van der Waals surface area contributed by atoms with Crippen molar-refractivity contribution >= 4 is 40.2 Å². The van der Waals surface area contributed by atoms with Gasteiger partial charge in [0.15, 0.2) is 0 Å². The van der Waals surface area contributed by atoms with E-state index in [0.717, 1.165) is 22.8 Å². The van der Waals surface area contributed by atoms with Crippen molar-refractivity contribution in [2.45, 2.75) is 25.8 Å². The molecule has 2 aliphatic rings. The molecule has 2 aromatic heterocycles. The molecule has 2 amide bonds. The summed E-state index contributed by atoms with van der Waals surface area (Å²) in [5.41, 5.74) is 1.75. The number of H-pyrrole nitrogens is 1. The van der Waals surface area contributed by atoms with E-state index in [1.807, 2.05) is 61.6 Å². The van der Waals surface area contributed by atoms with Gasteiger partial charge in [0, 0.05) is 11.6 Å². The number of rotatable bonds is 5. The summed E-state index contributed by atoms with van der Waals surface area (Å²) in [6.07, 6.45) is 19.0. The highest BCUT2D eigenvalue weighted by atomic mass is 16.2. The average Bonchev–Trinajstić information content (AvgIpc) is 3.03. The van der Waals surface area contributed by atoms with Crippen LogP contribution in [0.4, 0.5) is 5.95 Å². The number of aromatic amines is 1. The summed E-state index contributed by atoms with van der Waals surface area (Å²) in [5.74, 6) is -0.345. The van der Waals surface area contributed by atoms with Gasteiger partial charge in [0.05, 0.1) is 17.0 Å². The number of hydrogen-bond acceptors (Lipinski definition) is 4. The quantitative estimate of drug-likeness (QED) is 0.542. The Kier molecular flexibility index (Phi) is 6.22. The fourth-order valence-electron chi connectivity index (χ4n) is 4.05. The highest BCUT2D eigenvalue weighted by Gasteiger charge is 2.17. The van der Waals surface area contributed by atoms with Gasteiger partial charge in [0.25, 0.3) is 11.8 Å². The van der Waals surface area contributed by atoms with Crippen LogP contribution in [0.15, 0.2) is 84.6 Å². The maximum absolute atomic E-state index is 13.2. The van der Waals surface area contributed by atoms with Gasteiger partial charge in [-0.1, -0.05) is 72.9 Å². The fourth-order valence-corrected chi connectivity index (χ4v) is 4.05. The van der Waals surface area contributed by atoms with Crippen molar-refractivity contribution in [1.29, 1.82) is 0 Å². The van der Waals surface area contributed by atoms with Crippen LogP contribution in [0.3, 0.4) is 0 Å². The number of aromatic nitrogens is 3. The zero-order valence-corrected chi connectivity index (χ0v) is 19.3. The SMILES string of the molecule is CC(NC(=O)C1=c2nc(NC(=O)c3cc4ccccc4cn3)[nH]c2=CCC=C1)C1=CC=CCC=C1. The van der Waals surface area contributed by atoms with Crippen LogP contribution in [0, 0.1) is 0 Å². The Hall–Kier alpha value is -4.52. The molecule has 0 spiro atoms. The van der Waals surface area contributed by atoms with Gasteiger partial charge in [-0.05, 0) is 36.8 Å². The third-order valence-corrected chi connectivity index (χ3v) is 5.92. The second kappa shape index (κ2) is 9.77. The van der Waals surface area contributed by atoms with E-state index in [-0.39, 0.29) is 29.5 Å². The van der Waals surface area contributed by atoms with Crippen LogP contribution in [-0.4, -0.2) is 32.8 Å². The largest absolute Gasteiger partial charge is 0.345 e. The Morgan fingerprint density at radius 3 is 2.74 bits per heavy atom. The molecule has 0 saturated heterocycles. The van der Waals surface area contributed by atoms with Gasteiger partial charge in [-0.25, -0.2) is 4.98 Å². The molecule has 0 fully saturated rings. The zero-order valence-electron chi connectivity index (χ0n) is 19.3. The standard InChI is InChI=1S/C28H25N5O2/c1-18(19-10-4-2-3-5-11-19)30-26(34)22-14-8-9-15-23-25(22)32-28(31-23)33-27(35)24-16-20-12-6-7-13-21(20)17-29-24/h2,4-8,10-18H,3,9H2,1H3,(H,30,34)(H2,31,32,33,35). The van der Waals surface area contributed by atoms with Crippen LogP contribution < -0.4 is 21.3 Å². The molecule has 1 unspecified atom stereocenters. The molecular weight excluding hydrogens is 438 g/mol. The van der Waals surface area contributed by atoms with Crippen LogP contribution >= 0.6 is 0 Å². The molecule has 174 valence electrons. The lowest BCUT2D eigenvalue weighted by Crippen LogP contribution is -2.38. The first-order valence-electron chi connectivity index (χ1n) is 11.6. The number of amides is 2. The molecular formula is C28H25N5O2. The second-order valence-corrected chi connectivity index (χ2v) is 8.40. The van der Waals surface area contributed by atoms with Gasteiger partial charge in [-0.2, -0.15) is 0 Å². The number of benzene rings is 1. The molecule has 1 atom stereocenters. The van der Waals surface area contributed by atoms with E-state index in [1.54, 1.807) is 18.3 Å².